The largest absolute Gasteiger partial charge is 0.410 e. The van der Waals surface area contributed by atoms with Crippen molar-refractivity contribution in [1.82, 2.24) is 0 Å². The minimum absolute atomic E-state index is 0.0464. The number of hydrogen-bond donors (Lipinski definition) is 0. The van der Waals surface area contributed by atoms with Gasteiger partial charge < -0.3 is 18.9 Å². The molecular formula is C71H101F6NO28S8. The molecule has 114 heavy (non-hydrogen) atoms. The summed E-state index contributed by atoms with van der Waals surface area (Å²) in [6, 6.07) is 2.15. The molecule has 16 saturated heterocycles. The van der Waals surface area contributed by atoms with E-state index in [9.17, 15) is 93.7 Å². The first-order valence-electron chi connectivity index (χ1n) is 39.5. The first-order valence-corrected chi connectivity index (χ1v) is 51.2. The third kappa shape index (κ3) is 10.8. The average Bonchev–Trinajstić information content (AvgIpc) is 1.45. The highest BCUT2D eigenvalue weighted by Gasteiger charge is 2.87. The first kappa shape index (κ1) is 84.4. The van der Waals surface area contributed by atoms with Crippen LogP contribution in [0.4, 0.5) is 26.3 Å². The minimum atomic E-state index is -4.72. The minimum Gasteiger partial charge on any atom is -0.370 e. The number of nitriles is 1. The fourth-order valence-electron chi connectivity index (χ4n) is 27.2. The van der Waals surface area contributed by atoms with Crippen molar-refractivity contribution in [1.29, 1.82) is 5.26 Å². The highest BCUT2D eigenvalue weighted by molar-refractivity contribution is 7.89. The van der Waals surface area contributed by atoms with Crippen LogP contribution in [0.3, 0.4) is 0 Å². The number of ether oxygens (including phenoxy) is 4. The molecule has 0 amide bonds. The smallest absolute Gasteiger partial charge is 0.370 e. The number of rotatable bonds is 0. The van der Waals surface area contributed by atoms with E-state index in [-0.39, 0.29) is 171 Å². The average molecular weight is 1790 g/mol. The van der Waals surface area contributed by atoms with Crippen molar-refractivity contribution in [2.45, 2.75) is 319 Å². The Morgan fingerprint density at radius 2 is 0.991 bits per heavy atom. The van der Waals surface area contributed by atoms with Gasteiger partial charge in [-0.25, -0.2) is 0 Å². The molecule has 16 heterocycles. The quantitative estimate of drug-likeness (QED) is 0.173. The standard InChI is InChI=1S/C13H22O3S.2C9H11F3O3S.C9H11NO3S.3C8H12O4S.C7H10O4S/c1-8-11(4)7-9-12(8,5)13(6,10(11,2)3)16-17(9,14)15;1-4-5-2-6-7(4)15-16(13,14)8(6,3-5)9(10,11)12;1-3-4-2-5-7(3)15-16(13,14)8(5)6(4)9(10,11)12;1-4-5-2-6-8(4)13-14(11,12)9(6)7(5)3-10;1-8(2)5-3-4-6(11-5)7(8)12-13(4,9)10;1-4-6-7-5(13(9,10)12-6)3-8(4,2)11-7;1-4-5-3-6-7(11-5)8(4,2)12-13(6,9)10;1-3-4-2-5-7(10-4)6(3)11-12(5,8)9/h8-9H,7H2,1-6H3;4-7H,2-3H2,1H3;3-8H,2H2,1H3;4-9H,2H2,1H3;3*4-7H,3H2,1-2H3;3-7H,2H2,1H3. The van der Waals surface area contributed by atoms with Crippen LogP contribution < -0.4 is 0 Å². The van der Waals surface area contributed by atoms with E-state index in [0.29, 0.717) is 44.4 Å². The van der Waals surface area contributed by atoms with Crippen molar-refractivity contribution >= 4 is 80.9 Å². The maximum atomic E-state index is 13.1. The van der Waals surface area contributed by atoms with E-state index in [4.69, 9.17) is 57.7 Å². The molecule has 0 aromatic rings. The van der Waals surface area contributed by atoms with E-state index in [1.54, 1.807) is 13.8 Å². The Kier molecular flexibility index (Phi) is 18.4. The van der Waals surface area contributed by atoms with Crippen LogP contribution in [0.15, 0.2) is 0 Å². The topological polar surface area (TPSA) is 408 Å². The number of nitrogens with zero attached hydrogens (tertiary/aromatic N) is 1. The van der Waals surface area contributed by atoms with Crippen molar-refractivity contribution < 1.29 is 146 Å². The lowest BCUT2D eigenvalue weighted by Gasteiger charge is -2.49. The van der Waals surface area contributed by atoms with Gasteiger partial charge in [0.1, 0.15) is 79.8 Å². The number of hydrogen-bond acceptors (Lipinski definition) is 29. The van der Waals surface area contributed by atoms with E-state index in [1.165, 1.54) is 0 Å². The fourth-order valence-corrected chi connectivity index (χ4v) is 43.3. The Bertz CT molecular complexity index is 5070. The van der Waals surface area contributed by atoms with Gasteiger partial charge in [0.2, 0.25) is 0 Å². The Morgan fingerprint density at radius 3 is 1.51 bits per heavy atom. The van der Waals surface area contributed by atoms with Crippen LogP contribution in [0.25, 0.3) is 0 Å². The molecule has 41 unspecified atom stereocenters. The molecule has 648 valence electrons. The molecule has 0 N–H and O–H groups in total. The Hall–Kier alpha value is -1.81. The lowest BCUT2D eigenvalue weighted by Crippen LogP contribution is -2.54. The molecule has 24 fully saturated rings. The van der Waals surface area contributed by atoms with Gasteiger partial charge in [0.05, 0.1) is 71.0 Å². The van der Waals surface area contributed by atoms with Crippen LogP contribution in [-0.4, -0.2) is 217 Å². The van der Waals surface area contributed by atoms with Crippen molar-refractivity contribution in [3.05, 3.63) is 0 Å². The molecule has 0 radical (unpaired) electrons. The van der Waals surface area contributed by atoms with Gasteiger partial charge in [-0.3, -0.25) is 33.5 Å². The van der Waals surface area contributed by atoms with Crippen LogP contribution in [0.5, 0.6) is 0 Å². The summed E-state index contributed by atoms with van der Waals surface area (Å²) in [6.07, 6.45) is -7.41. The summed E-state index contributed by atoms with van der Waals surface area (Å²) in [7, 11) is -28.7. The molecule has 8 saturated carbocycles. The molecule has 16 bridgehead atoms. The lowest BCUT2D eigenvalue weighted by atomic mass is 9.57. The van der Waals surface area contributed by atoms with Gasteiger partial charge in [0.15, 0.2) is 4.75 Å². The SMILES string of the molecule is CC1(C)C2CC3C(O2)C1OS3(=O)=O.CC1C2(C)CC3C1(C)C(C)(OS3(=O)=O)C2(C)C.CC1C2CC3C(O2)C1(C)OS3(=O)=O.CC1C2CC3C(O2)C1OS3(=O)=O.CC1C2CC3C1OS(=O)(=O)C3(C(F)(F)F)C2.CC1C2CC3C1OS(=O)(=O)C3C2C#N.CC1C2CC3C1OS(=O)(=O)C3C2C(F)(F)F.CC1C2OS(=O)(=O)C3CC1(C)OC23. The van der Waals surface area contributed by atoms with E-state index in [0.717, 1.165) is 12.8 Å². The van der Waals surface area contributed by atoms with E-state index in [1.807, 2.05) is 62.3 Å². The van der Waals surface area contributed by atoms with E-state index >= 15 is 0 Å². The summed E-state index contributed by atoms with van der Waals surface area (Å²) < 4.78 is 324. The maximum Gasteiger partial charge on any atom is 0.410 e. The summed E-state index contributed by atoms with van der Waals surface area (Å²) in [5.74, 6) is -3.03. The van der Waals surface area contributed by atoms with Crippen LogP contribution >= 0.6 is 0 Å². The highest BCUT2D eigenvalue weighted by Crippen LogP contribution is 2.82. The van der Waals surface area contributed by atoms with Crippen LogP contribution in [0.1, 0.15) is 169 Å². The second-order valence-electron chi connectivity index (χ2n) is 39.4. The third-order valence-electron chi connectivity index (χ3n) is 34.8. The van der Waals surface area contributed by atoms with Crippen LogP contribution in [-0.2, 0) is 133 Å². The molecule has 43 heteroatoms. The molecule has 0 aromatic heterocycles. The zero-order valence-corrected chi connectivity index (χ0v) is 72.0. The van der Waals surface area contributed by atoms with Gasteiger partial charge in [0.25, 0.3) is 80.9 Å². The van der Waals surface area contributed by atoms with E-state index < -0.39 is 171 Å². The molecule has 41 atom stereocenters. The normalized spacial score (nSPS) is 57.9. The Balaban J connectivity index is 0.0000000943. The monoisotopic (exact) mass is 1790 g/mol. The summed E-state index contributed by atoms with van der Waals surface area (Å²) in [6.45, 7) is 32.2. The number of fused-ring (bicyclic) bond motifs is 8. The summed E-state index contributed by atoms with van der Waals surface area (Å²) in [5.41, 5.74) is -1.89. The zero-order valence-electron chi connectivity index (χ0n) is 65.5. The van der Waals surface area contributed by atoms with Gasteiger partial charge in [-0.1, -0.05) is 90.0 Å². The maximum absolute atomic E-state index is 13.1. The lowest BCUT2D eigenvalue weighted by molar-refractivity contribution is -0.190. The van der Waals surface area contributed by atoms with Gasteiger partial charge in [-0.2, -0.15) is 98.9 Å². The molecule has 24 rings (SSSR count). The molecular weight excluding hydrogens is 1690 g/mol. The van der Waals surface area contributed by atoms with Crippen molar-refractivity contribution in [3.8, 4) is 6.07 Å². The van der Waals surface area contributed by atoms with Crippen LogP contribution in [0.2, 0.25) is 0 Å². The van der Waals surface area contributed by atoms with Gasteiger partial charge in [-0.15, -0.1) is 0 Å². The highest BCUT2D eigenvalue weighted by atomic mass is 32.3. The summed E-state index contributed by atoms with van der Waals surface area (Å²) in [4.78, 5) is 0. The van der Waals surface area contributed by atoms with Crippen molar-refractivity contribution in [2.24, 2.45) is 110 Å². The van der Waals surface area contributed by atoms with Crippen LogP contribution in [0, 0.1) is 122 Å². The van der Waals surface area contributed by atoms with E-state index in [2.05, 4.69) is 40.7 Å². The van der Waals surface area contributed by atoms with Gasteiger partial charge in [0, 0.05) is 51.8 Å². The number of alkyl halides is 6. The first-order chi connectivity index (χ1) is 51.9. The second kappa shape index (κ2) is 24.8. The molecule has 0 spiro atoms. The molecule has 24 aliphatic rings. The predicted molar refractivity (Wildman–Crippen MR) is 383 cm³/mol. The number of halogens is 6. The summed E-state index contributed by atoms with van der Waals surface area (Å²) in [5, 5.41) is 5.23. The third-order valence-corrected chi connectivity index (χ3v) is 49.2. The predicted octanol–water partition coefficient (Wildman–Crippen LogP) is 7.05. The Labute approximate surface area is 663 Å². The second-order valence-corrected chi connectivity index (χ2v) is 53.5. The van der Waals surface area contributed by atoms with Gasteiger partial charge >= 0.3 is 12.4 Å². The van der Waals surface area contributed by atoms with Crippen molar-refractivity contribution in [2.75, 3.05) is 0 Å². The molecule has 8 aliphatic carbocycles. The molecule has 0 aromatic carbocycles. The molecule has 29 nitrogen and oxygen atoms in total. The Morgan fingerprint density at radius 1 is 0.439 bits per heavy atom. The molecule has 16 aliphatic heterocycles. The van der Waals surface area contributed by atoms with Crippen molar-refractivity contribution in [3.63, 3.8) is 0 Å². The fraction of sp³-hybridized carbons (Fsp3) is 0.986. The zero-order chi connectivity index (χ0) is 83.8. The van der Waals surface area contributed by atoms with Gasteiger partial charge in [-0.05, 0) is 125 Å². The summed E-state index contributed by atoms with van der Waals surface area (Å²) >= 11 is 0.